The normalized spacial score (nSPS) is 12.2. The number of amides is 1. The van der Waals surface area contributed by atoms with Gasteiger partial charge in [-0.1, -0.05) is 18.5 Å². The highest BCUT2D eigenvalue weighted by molar-refractivity contribution is 6.29. The lowest BCUT2D eigenvalue weighted by atomic mass is 10.1. The molecule has 2 aromatic heterocycles. The molecule has 1 unspecified atom stereocenters. The maximum absolute atomic E-state index is 12.0. The maximum atomic E-state index is 12.0. The number of aryl methyl sites for hydroxylation is 2. The Morgan fingerprint density at radius 2 is 2.19 bits per heavy atom. The third-order valence-electron chi connectivity index (χ3n) is 3.19. The molecule has 5 nitrogen and oxygen atoms in total. The van der Waals surface area contributed by atoms with E-state index in [-0.39, 0.29) is 11.8 Å². The van der Waals surface area contributed by atoms with Crippen molar-refractivity contribution in [2.75, 3.05) is 6.54 Å². The van der Waals surface area contributed by atoms with Crippen LogP contribution in [-0.2, 0) is 6.54 Å². The molecule has 6 heteroatoms. The van der Waals surface area contributed by atoms with Gasteiger partial charge in [-0.25, -0.2) is 4.98 Å². The Kier molecular flexibility index (Phi) is 4.96. The van der Waals surface area contributed by atoms with Gasteiger partial charge in [0.05, 0.1) is 5.69 Å². The number of rotatable bonds is 5. The molecule has 0 saturated carbocycles. The summed E-state index contributed by atoms with van der Waals surface area (Å²) >= 11 is 5.78. The molecule has 0 aliphatic heterocycles. The van der Waals surface area contributed by atoms with Crippen LogP contribution in [0.4, 0.5) is 0 Å². The van der Waals surface area contributed by atoms with Gasteiger partial charge in [-0.3, -0.25) is 9.48 Å². The van der Waals surface area contributed by atoms with Gasteiger partial charge >= 0.3 is 0 Å². The maximum Gasteiger partial charge on any atom is 0.251 e. The lowest BCUT2D eigenvalue weighted by Gasteiger charge is -2.14. The van der Waals surface area contributed by atoms with E-state index in [1.165, 1.54) is 6.20 Å². The monoisotopic (exact) mass is 306 g/mol. The van der Waals surface area contributed by atoms with Crippen molar-refractivity contribution in [3.8, 4) is 0 Å². The van der Waals surface area contributed by atoms with Crippen molar-refractivity contribution in [2.45, 2.75) is 27.3 Å². The predicted octanol–water partition coefficient (Wildman–Crippen LogP) is 2.61. The molecule has 0 saturated heterocycles. The Morgan fingerprint density at radius 3 is 2.81 bits per heavy atom. The molecular formula is C15H19ClN4O. The third kappa shape index (κ3) is 4.29. The minimum Gasteiger partial charge on any atom is -0.352 e. The molecule has 1 amide bonds. The van der Waals surface area contributed by atoms with E-state index in [4.69, 9.17) is 11.6 Å². The quantitative estimate of drug-likeness (QED) is 0.864. The number of hydrogen-bond donors (Lipinski definition) is 1. The van der Waals surface area contributed by atoms with Crippen LogP contribution in [0.15, 0.2) is 24.4 Å². The highest BCUT2D eigenvalue weighted by Gasteiger charge is 2.10. The van der Waals surface area contributed by atoms with Gasteiger partial charge in [0.25, 0.3) is 5.91 Å². The fourth-order valence-corrected chi connectivity index (χ4v) is 2.31. The molecule has 2 aromatic rings. The molecule has 0 aliphatic rings. The van der Waals surface area contributed by atoms with Gasteiger partial charge in [0.2, 0.25) is 0 Å². The highest BCUT2D eigenvalue weighted by atomic mass is 35.5. The van der Waals surface area contributed by atoms with Crippen molar-refractivity contribution in [3.05, 3.63) is 46.5 Å². The first kappa shape index (κ1) is 15.5. The van der Waals surface area contributed by atoms with Gasteiger partial charge < -0.3 is 5.32 Å². The van der Waals surface area contributed by atoms with Crippen LogP contribution < -0.4 is 5.32 Å². The molecule has 0 radical (unpaired) electrons. The van der Waals surface area contributed by atoms with Gasteiger partial charge in [0, 0.05) is 30.5 Å². The Hall–Kier alpha value is -1.88. The molecule has 2 rings (SSSR count). The number of nitrogens with one attached hydrogen (secondary N) is 1. The van der Waals surface area contributed by atoms with Crippen molar-refractivity contribution in [3.63, 3.8) is 0 Å². The second kappa shape index (κ2) is 6.72. The molecule has 112 valence electrons. The van der Waals surface area contributed by atoms with Gasteiger partial charge in [-0.2, -0.15) is 5.10 Å². The number of halogens is 1. The Labute approximate surface area is 129 Å². The summed E-state index contributed by atoms with van der Waals surface area (Å²) in [6.07, 6.45) is 1.52. The summed E-state index contributed by atoms with van der Waals surface area (Å²) in [5.41, 5.74) is 2.66. The van der Waals surface area contributed by atoms with E-state index in [0.29, 0.717) is 17.3 Å². The Morgan fingerprint density at radius 1 is 1.43 bits per heavy atom. The minimum absolute atomic E-state index is 0.139. The number of pyridine rings is 1. The van der Waals surface area contributed by atoms with E-state index in [0.717, 1.165) is 17.9 Å². The third-order valence-corrected chi connectivity index (χ3v) is 3.39. The summed E-state index contributed by atoms with van der Waals surface area (Å²) in [6.45, 7) is 7.44. The first-order valence-corrected chi connectivity index (χ1v) is 7.24. The van der Waals surface area contributed by atoms with Crippen LogP contribution >= 0.6 is 11.6 Å². The van der Waals surface area contributed by atoms with Crippen molar-refractivity contribution in [1.29, 1.82) is 0 Å². The molecule has 0 aromatic carbocycles. The summed E-state index contributed by atoms with van der Waals surface area (Å²) in [7, 11) is 0. The molecule has 0 fully saturated rings. The number of carbonyl (C=O) groups excluding carboxylic acids is 1. The van der Waals surface area contributed by atoms with Crippen LogP contribution in [-0.4, -0.2) is 27.2 Å². The topological polar surface area (TPSA) is 59.8 Å². The van der Waals surface area contributed by atoms with Crippen LogP contribution in [0.25, 0.3) is 0 Å². The van der Waals surface area contributed by atoms with Crippen LogP contribution in [0.1, 0.15) is 28.7 Å². The summed E-state index contributed by atoms with van der Waals surface area (Å²) in [5, 5.41) is 7.65. The molecule has 2 heterocycles. The van der Waals surface area contributed by atoms with Gasteiger partial charge in [0.15, 0.2) is 0 Å². The first-order chi connectivity index (χ1) is 9.95. The summed E-state index contributed by atoms with van der Waals surface area (Å²) in [4.78, 5) is 15.9. The number of aromatic nitrogens is 3. The van der Waals surface area contributed by atoms with Crippen LogP contribution in [0.3, 0.4) is 0 Å². The van der Waals surface area contributed by atoms with E-state index in [1.54, 1.807) is 12.1 Å². The zero-order valence-corrected chi connectivity index (χ0v) is 13.2. The molecule has 0 spiro atoms. The first-order valence-electron chi connectivity index (χ1n) is 6.86. The second-order valence-electron chi connectivity index (χ2n) is 5.29. The molecule has 0 bridgehead atoms. The standard InChI is InChI=1S/C15H19ClN4O/c1-10(9-20-12(3)6-11(2)19-20)8-18-15(21)13-4-5-17-14(16)7-13/h4-7,10H,8-9H2,1-3H3,(H,18,21). The Balaban J connectivity index is 1.88. The van der Waals surface area contributed by atoms with Gasteiger partial charge in [0.1, 0.15) is 5.15 Å². The van der Waals surface area contributed by atoms with Crippen molar-refractivity contribution < 1.29 is 4.79 Å². The van der Waals surface area contributed by atoms with Crippen molar-refractivity contribution in [2.24, 2.45) is 5.92 Å². The molecule has 0 aliphatic carbocycles. The lowest BCUT2D eigenvalue weighted by Crippen LogP contribution is -2.30. The van der Waals surface area contributed by atoms with E-state index in [2.05, 4.69) is 22.3 Å². The second-order valence-corrected chi connectivity index (χ2v) is 5.68. The average Bonchev–Trinajstić information content (AvgIpc) is 2.74. The summed E-state index contributed by atoms with van der Waals surface area (Å²) < 4.78 is 1.97. The van der Waals surface area contributed by atoms with Crippen LogP contribution in [0.5, 0.6) is 0 Å². The minimum atomic E-state index is -0.139. The highest BCUT2D eigenvalue weighted by Crippen LogP contribution is 2.08. The van der Waals surface area contributed by atoms with E-state index >= 15 is 0 Å². The zero-order chi connectivity index (χ0) is 15.4. The van der Waals surface area contributed by atoms with Crippen molar-refractivity contribution in [1.82, 2.24) is 20.1 Å². The average molecular weight is 307 g/mol. The van der Waals surface area contributed by atoms with Gasteiger partial charge in [-0.05, 0) is 38.0 Å². The zero-order valence-electron chi connectivity index (χ0n) is 12.4. The number of hydrogen-bond acceptors (Lipinski definition) is 3. The smallest absolute Gasteiger partial charge is 0.251 e. The van der Waals surface area contributed by atoms with E-state index < -0.39 is 0 Å². The molecule has 1 N–H and O–H groups in total. The van der Waals surface area contributed by atoms with Gasteiger partial charge in [-0.15, -0.1) is 0 Å². The number of carbonyl (C=O) groups is 1. The SMILES string of the molecule is Cc1cc(C)n(CC(C)CNC(=O)c2ccnc(Cl)c2)n1. The summed E-state index contributed by atoms with van der Waals surface area (Å²) in [5.74, 6) is 0.142. The van der Waals surface area contributed by atoms with Crippen LogP contribution in [0, 0.1) is 19.8 Å². The van der Waals surface area contributed by atoms with E-state index in [9.17, 15) is 4.79 Å². The largest absolute Gasteiger partial charge is 0.352 e. The molecule has 21 heavy (non-hydrogen) atoms. The lowest BCUT2D eigenvalue weighted by molar-refractivity contribution is 0.0946. The van der Waals surface area contributed by atoms with E-state index in [1.807, 2.05) is 24.6 Å². The van der Waals surface area contributed by atoms with Crippen molar-refractivity contribution >= 4 is 17.5 Å². The molecule has 1 atom stereocenters. The number of nitrogens with zero attached hydrogens (tertiary/aromatic N) is 3. The molecular weight excluding hydrogens is 288 g/mol. The van der Waals surface area contributed by atoms with Crippen LogP contribution in [0.2, 0.25) is 5.15 Å². The fourth-order valence-electron chi connectivity index (χ4n) is 2.13. The Bertz CT molecular complexity index is 638. The predicted molar refractivity (Wildman–Crippen MR) is 82.4 cm³/mol. The fraction of sp³-hybridized carbons (Fsp3) is 0.400. The summed E-state index contributed by atoms with van der Waals surface area (Å²) in [6, 6.07) is 5.25.